The number of nitrogens with zero attached hydrogens (tertiary/aromatic N) is 2. The van der Waals surface area contributed by atoms with Crippen LogP contribution in [-0.4, -0.2) is 33.6 Å². The fraction of sp³-hybridized carbons (Fsp3) is 0.278. The van der Waals surface area contributed by atoms with Crippen molar-refractivity contribution >= 4 is 51.4 Å². The third-order valence-electron chi connectivity index (χ3n) is 10.5. The van der Waals surface area contributed by atoms with Gasteiger partial charge < -0.3 is 5.11 Å². The molecule has 220 valence electrons. The van der Waals surface area contributed by atoms with Crippen molar-refractivity contribution in [1.82, 2.24) is 4.90 Å². The molecule has 1 N–H and O–H groups in total. The third kappa shape index (κ3) is 3.60. The molecule has 4 amide bonds. The number of hydrogen-bond acceptors (Lipinski definition) is 6. The minimum Gasteiger partial charge on any atom is -0.507 e. The number of hydrogen-bond donors (Lipinski definition) is 1. The second-order valence-electron chi connectivity index (χ2n) is 12.6. The van der Waals surface area contributed by atoms with E-state index in [1.807, 2.05) is 73.0 Å². The Balaban J connectivity index is 1.30. The first-order chi connectivity index (χ1) is 21.3. The number of aromatic hydroxyl groups is 1. The average molecular weight is 603 g/mol. The zero-order valence-corrected chi connectivity index (χ0v) is 24.9. The molecule has 8 rings (SSSR count). The van der Waals surface area contributed by atoms with Crippen LogP contribution in [-0.2, 0) is 25.7 Å². The van der Waals surface area contributed by atoms with E-state index in [0.29, 0.717) is 23.9 Å². The summed E-state index contributed by atoms with van der Waals surface area (Å²) >= 11 is 1.51. The van der Waals surface area contributed by atoms with Gasteiger partial charge in [-0.05, 0) is 66.3 Å². The van der Waals surface area contributed by atoms with Gasteiger partial charge in [-0.25, -0.2) is 4.90 Å². The monoisotopic (exact) mass is 602 g/mol. The molecule has 0 radical (unpaired) electrons. The lowest BCUT2D eigenvalue weighted by atomic mass is 9.51. The number of amides is 4. The topological polar surface area (TPSA) is 95.0 Å². The Morgan fingerprint density at radius 3 is 2.34 bits per heavy atom. The number of likely N-dealkylation sites (tertiary alicyclic amines) is 1. The normalized spacial score (nSPS) is 29.6. The van der Waals surface area contributed by atoms with Crippen molar-refractivity contribution in [1.29, 1.82) is 0 Å². The highest BCUT2D eigenvalue weighted by atomic mass is 32.1. The van der Waals surface area contributed by atoms with Crippen LogP contribution in [0.25, 0.3) is 10.8 Å². The summed E-state index contributed by atoms with van der Waals surface area (Å²) in [4.78, 5) is 60.4. The maximum atomic E-state index is 14.6. The molecule has 0 spiro atoms. The third-order valence-corrected chi connectivity index (χ3v) is 11.4. The highest BCUT2D eigenvalue weighted by molar-refractivity contribution is 7.09. The number of fused-ring (bicyclic) bond motifs is 5. The number of thiophene rings is 1. The second-order valence-corrected chi connectivity index (χ2v) is 13.6. The molecule has 0 bridgehead atoms. The summed E-state index contributed by atoms with van der Waals surface area (Å²) in [6.45, 7) is 2.14. The van der Waals surface area contributed by atoms with E-state index in [0.717, 1.165) is 21.4 Å². The van der Waals surface area contributed by atoms with Crippen LogP contribution in [0.2, 0.25) is 0 Å². The van der Waals surface area contributed by atoms with Crippen molar-refractivity contribution in [3.05, 3.63) is 106 Å². The molecule has 1 aromatic heterocycles. The summed E-state index contributed by atoms with van der Waals surface area (Å²) in [5.41, 5.74) is 1.17. The van der Waals surface area contributed by atoms with Crippen molar-refractivity contribution < 1.29 is 24.3 Å². The number of allylic oxidation sites excluding steroid dienone is 2. The fourth-order valence-electron chi connectivity index (χ4n) is 8.52. The lowest BCUT2D eigenvalue weighted by Gasteiger charge is -2.49. The van der Waals surface area contributed by atoms with E-state index in [1.54, 1.807) is 18.2 Å². The summed E-state index contributed by atoms with van der Waals surface area (Å²) in [6.07, 6.45) is 2.79. The number of phenols is 1. The largest absolute Gasteiger partial charge is 0.507 e. The Kier molecular flexibility index (Phi) is 5.97. The highest BCUT2D eigenvalue weighted by Crippen LogP contribution is 2.64. The molecule has 3 heterocycles. The number of para-hydroxylation sites is 1. The van der Waals surface area contributed by atoms with Crippen LogP contribution in [0.15, 0.2) is 95.9 Å². The Morgan fingerprint density at radius 1 is 0.841 bits per heavy atom. The van der Waals surface area contributed by atoms with Crippen molar-refractivity contribution in [3.63, 3.8) is 0 Å². The SMILES string of the molecule is C[C@@]12C(=O)N(c3ccccc3)C(=O)[C@@H]1C[C@@H]1C(=CC[C@@H]3C(=O)N(Cc4cccs4)C(=O)[C@@H]31)[C@@H]2c1ccc(O)c2ccccc12. The fourth-order valence-corrected chi connectivity index (χ4v) is 9.21. The van der Waals surface area contributed by atoms with Crippen molar-refractivity contribution in [2.24, 2.45) is 29.1 Å². The molecule has 1 saturated carbocycles. The molecule has 3 fully saturated rings. The number of carbonyl (C=O) groups is 4. The van der Waals surface area contributed by atoms with Gasteiger partial charge in [0.25, 0.3) is 0 Å². The summed E-state index contributed by atoms with van der Waals surface area (Å²) in [5, 5.41) is 14.1. The van der Waals surface area contributed by atoms with E-state index in [2.05, 4.69) is 6.08 Å². The van der Waals surface area contributed by atoms with E-state index >= 15 is 0 Å². The zero-order valence-electron chi connectivity index (χ0n) is 24.1. The van der Waals surface area contributed by atoms with Crippen LogP contribution < -0.4 is 4.90 Å². The molecule has 8 heteroatoms. The van der Waals surface area contributed by atoms with Crippen molar-refractivity contribution in [2.45, 2.75) is 32.2 Å². The second kappa shape index (κ2) is 9.72. The molecule has 2 saturated heterocycles. The van der Waals surface area contributed by atoms with E-state index in [9.17, 15) is 24.3 Å². The molecular formula is C36H30N2O5S. The standard InChI is InChI=1S/C36H30N2O5S/c1-36-28(33(41)38(35(36)43)20-8-3-2-4-9-20)18-27-25(31(36)24-15-16-29(39)23-12-6-5-11-22(23)24)13-14-26-30(27)34(42)37(32(26)40)19-21-10-7-17-44-21/h2-13,15-17,26-28,30-31,39H,14,18-19H2,1H3/t26-,27+,28-,30-,31-,36+/m0/s1. The van der Waals surface area contributed by atoms with Crippen LogP contribution in [0.5, 0.6) is 5.75 Å². The number of anilines is 1. The number of rotatable bonds is 4. The molecule has 7 nitrogen and oxygen atoms in total. The van der Waals surface area contributed by atoms with Gasteiger partial charge in [0, 0.05) is 16.2 Å². The Hall–Kier alpha value is -4.56. The lowest BCUT2D eigenvalue weighted by molar-refractivity contribution is -0.141. The van der Waals surface area contributed by atoms with Crippen LogP contribution >= 0.6 is 11.3 Å². The van der Waals surface area contributed by atoms with Crippen molar-refractivity contribution in [3.8, 4) is 5.75 Å². The predicted molar refractivity (Wildman–Crippen MR) is 167 cm³/mol. The predicted octanol–water partition coefficient (Wildman–Crippen LogP) is 6.04. The molecular weight excluding hydrogens is 572 g/mol. The molecule has 2 aliphatic carbocycles. The number of carbonyl (C=O) groups excluding carboxylic acids is 4. The number of benzene rings is 3. The molecule has 44 heavy (non-hydrogen) atoms. The van der Waals surface area contributed by atoms with Crippen LogP contribution in [0.3, 0.4) is 0 Å². The van der Waals surface area contributed by atoms with Gasteiger partial charge in [-0.3, -0.25) is 24.1 Å². The zero-order chi connectivity index (χ0) is 30.3. The van der Waals surface area contributed by atoms with Crippen molar-refractivity contribution in [2.75, 3.05) is 4.90 Å². The average Bonchev–Trinajstić information content (AvgIpc) is 3.69. The minimum absolute atomic E-state index is 0.136. The quantitative estimate of drug-likeness (QED) is 0.227. The molecule has 4 aliphatic rings. The summed E-state index contributed by atoms with van der Waals surface area (Å²) in [6, 6.07) is 23.9. The van der Waals surface area contributed by atoms with Gasteiger partial charge in [0.2, 0.25) is 23.6 Å². The van der Waals surface area contributed by atoms with Gasteiger partial charge in [-0.15, -0.1) is 11.3 Å². The maximum absolute atomic E-state index is 14.6. The van der Waals surface area contributed by atoms with E-state index < -0.39 is 29.1 Å². The van der Waals surface area contributed by atoms with Gasteiger partial charge in [-0.2, -0.15) is 0 Å². The van der Waals surface area contributed by atoms with Gasteiger partial charge in [-0.1, -0.05) is 66.2 Å². The Bertz CT molecular complexity index is 1900. The smallest absolute Gasteiger partial charge is 0.241 e. The highest BCUT2D eigenvalue weighted by Gasteiger charge is 2.67. The molecule has 6 atom stereocenters. The first kappa shape index (κ1) is 27.0. The Morgan fingerprint density at radius 2 is 1.59 bits per heavy atom. The molecule has 3 aromatic carbocycles. The van der Waals surface area contributed by atoms with Crippen LogP contribution in [0.4, 0.5) is 5.69 Å². The lowest BCUT2D eigenvalue weighted by Crippen LogP contribution is -2.48. The minimum atomic E-state index is -1.13. The van der Waals surface area contributed by atoms with Gasteiger partial charge in [0.05, 0.1) is 35.4 Å². The molecule has 2 aliphatic heterocycles. The van der Waals surface area contributed by atoms with E-state index in [4.69, 9.17) is 0 Å². The first-order valence-electron chi connectivity index (χ1n) is 15.0. The van der Waals surface area contributed by atoms with Crippen LogP contribution in [0, 0.1) is 29.1 Å². The summed E-state index contributed by atoms with van der Waals surface area (Å²) in [7, 11) is 0. The van der Waals surface area contributed by atoms with Crippen LogP contribution in [0.1, 0.15) is 36.1 Å². The maximum Gasteiger partial charge on any atom is 0.241 e. The molecule has 0 unspecified atom stereocenters. The Labute approximate surface area is 258 Å². The molecule has 4 aromatic rings. The van der Waals surface area contributed by atoms with Gasteiger partial charge in [0.1, 0.15) is 5.75 Å². The number of imide groups is 2. The van der Waals surface area contributed by atoms with Gasteiger partial charge >= 0.3 is 0 Å². The number of phenolic OH excluding ortho intramolecular Hbond substituents is 1. The first-order valence-corrected chi connectivity index (χ1v) is 15.9. The summed E-state index contributed by atoms with van der Waals surface area (Å²) < 4.78 is 0. The van der Waals surface area contributed by atoms with Gasteiger partial charge in [0.15, 0.2) is 0 Å². The van der Waals surface area contributed by atoms with E-state index in [1.165, 1.54) is 21.1 Å². The van der Waals surface area contributed by atoms with E-state index in [-0.39, 0.29) is 41.8 Å². The summed E-state index contributed by atoms with van der Waals surface area (Å²) in [5.74, 6) is -3.44.